The van der Waals surface area contributed by atoms with Crippen molar-refractivity contribution in [1.29, 1.82) is 0 Å². The Morgan fingerprint density at radius 1 is 1.00 bits per heavy atom. The van der Waals surface area contributed by atoms with Crippen LogP contribution in [0.2, 0.25) is 0 Å². The number of aliphatic imine (C=N–C) groups is 1. The Kier molecular flexibility index (Phi) is 9.78. The molecule has 1 N–H and O–H groups in total. The van der Waals surface area contributed by atoms with Gasteiger partial charge in [-0.15, -0.1) is 0 Å². The first kappa shape index (κ1) is 25.9. The van der Waals surface area contributed by atoms with Crippen LogP contribution in [0.3, 0.4) is 0 Å². The van der Waals surface area contributed by atoms with Gasteiger partial charge in [0.15, 0.2) is 5.90 Å². The maximum atomic E-state index is 12.8. The molecule has 2 aliphatic rings. The zero-order chi connectivity index (χ0) is 23.7. The standard InChI is InChI=1S/C23H39N3O6/c1-23(2,3)32-22(30)25-14-11-17(12-15-25)7-9-20(27)26-13-5-6-18(16-26)24-19(31-4)8-10-21(28)29/h17-18H,5-16H2,1-4H3,(H,28,29). The van der Waals surface area contributed by atoms with Crippen molar-refractivity contribution >= 4 is 23.9 Å². The van der Waals surface area contributed by atoms with Gasteiger partial charge < -0.3 is 24.4 Å². The first-order chi connectivity index (χ1) is 15.1. The van der Waals surface area contributed by atoms with E-state index in [2.05, 4.69) is 4.99 Å². The summed E-state index contributed by atoms with van der Waals surface area (Å²) in [4.78, 5) is 43.9. The van der Waals surface area contributed by atoms with E-state index >= 15 is 0 Å². The van der Waals surface area contributed by atoms with Gasteiger partial charge in [0.1, 0.15) is 5.60 Å². The zero-order valence-corrected chi connectivity index (χ0v) is 20.0. The van der Waals surface area contributed by atoms with Gasteiger partial charge in [-0.25, -0.2) is 4.79 Å². The molecule has 0 aromatic rings. The fourth-order valence-electron chi connectivity index (χ4n) is 4.14. The van der Waals surface area contributed by atoms with E-state index in [1.165, 1.54) is 7.11 Å². The molecule has 0 aromatic heterocycles. The Morgan fingerprint density at radius 2 is 1.69 bits per heavy atom. The highest BCUT2D eigenvalue weighted by Gasteiger charge is 2.28. The quantitative estimate of drug-likeness (QED) is 0.468. The smallest absolute Gasteiger partial charge is 0.410 e. The van der Waals surface area contributed by atoms with Gasteiger partial charge in [0.2, 0.25) is 5.91 Å². The van der Waals surface area contributed by atoms with E-state index in [4.69, 9.17) is 14.6 Å². The van der Waals surface area contributed by atoms with E-state index in [1.54, 1.807) is 4.90 Å². The maximum Gasteiger partial charge on any atom is 0.410 e. The molecule has 2 amide bonds. The van der Waals surface area contributed by atoms with Crippen LogP contribution in [-0.4, -0.2) is 83.7 Å². The summed E-state index contributed by atoms with van der Waals surface area (Å²) >= 11 is 0. The molecule has 2 saturated heterocycles. The van der Waals surface area contributed by atoms with E-state index in [9.17, 15) is 14.4 Å². The molecular formula is C23H39N3O6. The maximum absolute atomic E-state index is 12.8. The van der Waals surface area contributed by atoms with Crippen LogP contribution >= 0.6 is 0 Å². The van der Waals surface area contributed by atoms with Crippen LogP contribution < -0.4 is 0 Å². The predicted octanol–water partition coefficient (Wildman–Crippen LogP) is 3.31. The molecule has 32 heavy (non-hydrogen) atoms. The van der Waals surface area contributed by atoms with E-state index in [-0.39, 0.29) is 30.9 Å². The number of carbonyl (C=O) groups is 3. The van der Waals surface area contributed by atoms with E-state index in [0.717, 1.165) is 38.6 Å². The van der Waals surface area contributed by atoms with Gasteiger partial charge in [0.05, 0.1) is 19.6 Å². The molecule has 0 aromatic carbocycles. The minimum Gasteiger partial charge on any atom is -0.484 e. The average molecular weight is 454 g/mol. The molecular weight excluding hydrogens is 414 g/mol. The third-order valence-corrected chi connectivity index (χ3v) is 5.90. The van der Waals surface area contributed by atoms with Gasteiger partial charge in [-0.1, -0.05) is 0 Å². The van der Waals surface area contributed by atoms with Crippen molar-refractivity contribution in [2.75, 3.05) is 33.3 Å². The number of carboxylic acid groups (broad SMARTS) is 1. The van der Waals surface area contributed by atoms with Gasteiger partial charge in [-0.2, -0.15) is 0 Å². The number of methoxy groups -OCH3 is 1. The van der Waals surface area contributed by atoms with Crippen molar-refractivity contribution in [3.63, 3.8) is 0 Å². The summed E-state index contributed by atoms with van der Waals surface area (Å²) in [6.45, 7) is 8.23. The number of ether oxygens (including phenoxy) is 2. The molecule has 9 heteroatoms. The van der Waals surface area contributed by atoms with Crippen LogP contribution in [0.5, 0.6) is 0 Å². The van der Waals surface area contributed by atoms with E-state index in [1.807, 2.05) is 25.7 Å². The molecule has 2 aliphatic heterocycles. The second-order valence-corrected chi connectivity index (χ2v) is 9.71. The molecule has 182 valence electrons. The molecule has 9 nitrogen and oxygen atoms in total. The van der Waals surface area contributed by atoms with Crippen LogP contribution in [0.15, 0.2) is 4.99 Å². The average Bonchev–Trinajstić information content (AvgIpc) is 2.74. The van der Waals surface area contributed by atoms with Gasteiger partial charge in [-0.3, -0.25) is 14.6 Å². The largest absolute Gasteiger partial charge is 0.484 e. The van der Waals surface area contributed by atoms with Gasteiger partial charge >= 0.3 is 12.1 Å². The van der Waals surface area contributed by atoms with Gasteiger partial charge in [0, 0.05) is 39.0 Å². The van der Waals surface area contributed by atoms with Crippen molar-refractivity contribution in [2.24, 2.45) is 10.9 Å². The van der Waals surface area contributed by atoms with E-state index < -0.39 is 11.6 Å². The number of hydrogen-bond donors (Lipinski definition) is 1. The molecule has 2 heterocycles. The summed E-state index contributed by atoms with van der Waals surface area (Å²) in [5.74, 6) is 0.131. The molecule has 1 unspecified atom stereocenters. The fourth-order valence-corrected chi connectivity index (χ4v) is 4.14. The van der Waals surface area contributed by atoms with Crippen LogP contribution in [0.25, 0.3) is 0 Å². The minimum absolute atomic E-state index is 0.0191. The third-order valence-electron chi connectivity index (χ3n) is 5.90. The lowest BCUT2D eigenvalue weighted by atomic mass is 9.92. The number of piperidine rings is 2. The number of carboxylic acids is 1. The summed E-state index contributed by atoms with van der Waals surface area (Å²) in [7, 11) is 1.50. The second kappa shape index (κ2) is 12.1. The highest BCUT2D eigenvalue weighted by molar-refractivity contribution is 5.81. The Hall–Kier alpha value is -2.32. The van der Waals surface area contributed by atoms with E-state index in [0.29, 0.717) is 37.9 Å². The lowest BCUT2D eigenvalue weighted by Gasteiger charge is -2.34. The first-order valence-electron chi connectivity index (χ1n) is 11.7. The highest BCUT2D eigenvalue weighted by atomic mass is 16.6. The van der Waals surface area contributed by atoms with Crippen molar-refractivity contribution in [2.45, 2.75) is 83.8 Å². The zero-order valence-electron chi connectivity index (χ0n) is 20.0. The summed E-state index contributed by atoms with van der Waals surface area (Å²) < 4.78 is 10.7. The number of carbonyl (C=O) groups excluding carboxylic acids is 2. The van der Waals surface area contributed by atoms with Crippen molar-refractivity contribution in [3.8, 4) is 0 Å². The Balaban J connectivity index is 1.75. The topological polar surface area (TPSA) is 109 Å². The summed E-state index contributed by atoms with van der Waals surface area (Å²) in [5.41, 5.74) is -0.489. The molecule has 0 spiro atoms. The normalized spacial score (nSPS) is 20.8. The molecule has 2 rings (SSSR count). The molecule has 1 atom stereocenters. The minimum atomic E-state index is -0.882. The van der Waals surface area contributed by atoms with Crippen molar-refractivity contribution < 1.29 is 29.0 Å². The summed E-state index contributed by atoms with van der Waals surface area (Å²) in [6.07, 6.45) is 4.84. The van der Waals surface area contributed by atoms with Crippen LogP contribution in [-0.2, 0) is 19.1 Å². The van der Waals surface area contributed by atoms with Crippen molar-refractivity contribution in [1.82, 2.24) is 9.80 Å². The number of aliphatic carboxylic acids is 1. The Labute approximate surface area is 191 Å². The molecule has 0 radical (unpaired) electrons. The van der Waals surface area contributed by atoms with Crippen LogP contribution in [0, 0.1) is 5.92 Å². The second-order valence-electron chi connectivity index (χ2n) is 9.71. The molecule has 0 saturated carbocycles. The molecule has 2 fully saturated rings. The number of nitrogens with zero attached hydrogens (tertiary/aromatic N) is 3. The van der Waals surface area contributed by atoms with Gasteiger partial charge in [-0.05, 0) is 58.8 Å². The number of amides is 2. The first-order valence-corrected chi connectivity index (χ1v) is 11.7. The highest BCUT2D eigenvalue weighted by Crippen LogP contribution is 2.24. The van der Waals surface area contributed by atoms with Crippen molar-refractivity contribution in [3.05, 3.63) is 0 Å². The lowest BCUT2D eigenvalue weighted by Crippen LogP contribution is -2.43. The van der Waals surface area contributed by atoms with Crippen LogP contribution in [0.4, 0.5) is 4.79 Å². The summed E-state index contributed by atoms with van der Waals surface area (Å²) in [5, 5.41) is 8.84. The molecule has 0 bridgehead atoms. The van der Waals surface area contributed by atoms with Crippen LogP contribution in [0.1, 0.15) is 72.1 Å². The lowest BCUT2D eigenvalue weighted by molar-refractivity contribution is -0.137. The fraction of sp³-hybridized carbons (Fsp3) is 0.826. The van der Waals surface area contributed by atoms with Gasteiger partial charge in [0.25, 0.3) is 0 Å². The number of likely N-dealkylation sites (tertiary alicyclic amines) is 2. The summed E-state index contributed by atoms with van der Waals surface area (Å²) in [6, 6.07) is -0.0477. The SMILES string of the molecule is COC(CCC(=O)O)=NC1CCCN(C(=O)CCC2CCN(C(=O)OC(C)(C)C)CC2)C1. The predicted molar refractivity (Wildman–Crippen MR) is 121 cm³/mol. The Morgan fingerprint density at radius 3 is 2.28 bits per heavy atom. The monoisotopic (exact) mass is 453 g/mol. The third kappa shape index (κ3) is 9.04. The Bertz CT molecular complexity index is 680. The number of rotatable bonds is 7. The number of hydrogen-bond acceptors (Lipinski definition) is 6. The molecule has 0 aliphatic carbocycles.